The monoisotopic (exact) mass is 255 g/mol. The van der Waals surface area contributed by atoms with Crippen molar-refractivity contribution in [2.24, 2.45) is 0 Å². The Balaban J connectivity index is 0.00000137. The Morgan fingerprint density at radius 1 is 1.44 bits per heavy atom. The van der Waals surface area contributed by atoms with E-state index in [0.29, 0.717) is 11.4 Å². The molecule has 0 spiro atoms. The zero-order valence-electron chi connectivity index (χ0n) is 11.3. The second-order valence-electron chi connectivity index (χ2n) is 3.24. The Hall–Kier alpha value is -1.46. The molecular weight excluding hydrogens is 234 g/mol. The lowest BCUT2D eigenvalue weighted by Gasteiger charge is -2.12. The maximum atomic E-state index is 10.9. The van der Waals surface area contributed by atoms with Crippen LogP contribution in [0.3, 0.4) is 0 Å². The molecule has 0 aliphatic carbocycles. The molecule has 1 rings (SSSR count). The molecule has 102 valence electrons. The van der Waals surface area contributed by atoms with E-state index in [4.69, 9.17) is 9.84 Å². The lowest BCUT2D eigenvalue weighted by Crippen LogP contribution is -2.13. The van der Waals surface area contributed by atoms with Gasteiger partial charge in [0.05, 0.1) is 31.2 Å². The SMILES string of the molecule is CC.COC(=O)COC(C)c1cccc(CO)n1. The van der Waals surface area contributed by atoms with Crippen LogP contribution < -0.4 is 0 Å². The van der Waals surface area contributed by atoms with Crippen molar-refractivity contribution in [3.05, 3.63) is 29.6 Å². The zero-order valence-corrected chi connectivity index (χ0v) is 11.3. The van der Waals surface area contributed by atoms with Gasteiger partial charge in [-0.2, -0.15) is 0 Å². The number of carbonyl (C=O) groups excluding carboxylic acids is 1. The Morgan fingerprint density at radius 3 is 2.67 bits per heavy atom. The third kappa shape index (κ3) is 5.75. The lowest BCUT2D eigenvalue weighted by molar-refractivity contribution is -0.147. The zero-order chi connectivity index (χ0) is 14.0. The summed E-state index contributed by atoms with van der Waals surface area (Å²) in [6, 6.07) is 5.28. The van der Waals surface area contributed by atoms with E-state index < -0.39 is 5.97 Å². The van der Waals surface area contributed by atoms with E-state index in [1.807, 2.05) is 13.8 Å². The van der Waals surface area contributed by atoms with Crippen molar-refractivity contribution < 1.29 is 19.4 Å². The van der Waals surface area contributed by atoms with Crippen LogP contribution in [0, 0.1) is 0 Å². The summed E-state index contributed by atoms with van der Waals surface area (Å²) >= 11 is 0. The van der Waals surface area contributed by atoms with Crippen molar-refractivity contribution in [1.29, 1.82) is 0 Å². The first kappa shape index (κ1) is 16.5. The van der Waals surface area contributed by atoms with E-state index in [9.17, 15) is 4.79 Å². The predicted octanol–water partition coefficient (Wildman–Crippen LogP) is 1.85. The number of hydrogen-bond donors (Lipinski definition) is 1. The average Bonchev–Trinajstić information content (AvgIpc) is 2.46. The molecular formula is C13H21NO4. The summed E-state index contributed by atoms with van der Waals surface area (Å²) in [6.07, 6.45) is -0.314. The number of aromatic nitrogens is 1. The van der Waals surface area contributed by atoms with Gasteiger partial charge in [-0.3, -0.25) is 4.98 Å². The molecule has 5 heteroatoms. The van der Waals surface area contributed by atoms with Crippen molar-refractivity contribution in [2.45, 2.75) is 33.5 Å². The first-order valence-electron chi connectivity index (χ1n) is 5.92. The number of hydrogen-bond acceptors (Lipinski definition) is 5. The van der Waals surface area contributed by atoms with Gasteiger partial charge in [0.1, 0.15) is 6.61 Å². The molecule has 5 nitrogen and oxygen atoms in total. The number of carbonyl (C=O) groups is 1. The first-order chi connectivity index (χ1) is 8.67. The number of aliphatic hydroxyl groups is 1. The van der Waals surface area contributed by atoms with E-state index >= 15 is 0 Å². The van der Waals surface area contributed by atoms with Crippen LogP contribution in [0.15, 0.2) is 18.2 Å². The van der Waals surface area contributed by atoms with Gasteiger partial charge in [0, 0.05) is 0 Å². The van der Waals surface area contributed by atoms with E-state index in [1.165, 1.54) is 7.11 Å². The van der Waals surface area contributed by atoms with Crippen LogP contribution in [0.1, 0.15) is 38.3 Å². The van der Waals surface area contributed by atoms with Gasteiger partial charge >= 0.3 is 5.97 Å². The summed E-state index contributed by atoms with van der Waals surface area (Å²) in [5.41, 5.74) is 1.25. The molecule has 0 saturated heterocycles. The van der Waals surface area contributed by atoms with Crippen molar-refractivity contribution >= 4 is 5.97 Å². The van der Waals surface area contributed by atoms with E-state index in [2.05, 4.69) is 9.72 Å². The van der Waals surface area contributed by atoms with Crippen LogP contribution >= 0.6 is 0 Å². The molecule has 1 unspecified atom stereocenters. The summed E-state index contributed by atoms with van der Waals surface area (Å²) < 4.78 is 9.72. The summed E-state index contributed by atoms with van der Waals surface area (Å²) in [7, 11) is 1.31. The first-order valence-corrected chi connectivity index (χ1v) is 5.92. The molecule has 0 saturated carbocycles. The number of rotatable bonds is 5. The van der Waals surface area contributed by atoms with Crippen molar-refractivity contribution in [3.8, 4) is 0 Å². The topological polar surface area (TPSA) is 68.7 Å². The Bertz CT molecular complexity index is 355. The van der Waals surface area contributed by atoms with E-state index in [-0.39, 0.29) is 19.3 Å². The molecule has 1 heterocycles. The van der Waals surface area contributed by atoms with Crippen LogP contribution in [0.25, 0.3) is 0 Å². The highest BCUT2D eigenvalue weighted by Gasteiger charge is 2.10. The van der Waals surface area contributed by atoms with Crippen LogP contribution in [-0.4, -0.2) is 29.8 Å². The molecule has 1 N–H and O–H groups in total. The van der Waals surface area contributed by atoms with Crippen molar-refractivity contribution in [3.63, 3.8) is 0 Å². The molecule has 0 aliphatic rings. The van der Waals surface area contributed by atoms with Crippen LogP contribution in [0.2, 0.25) is 0 Å². The summed E-state index contributed by atoms with van der Waals surface area (Å²) in [5.74, 6) is -0.426. The van der Waals surface area contributed by atoms with Crippen molar-refractivity contribution in [2.75, 3.05) is 13.7 Å². The smallest absolute Gasteiger partial charge is 0.331 e. The maximum Gasteiger partial charge on any atom is 0.331 e. The third-order valence-electron chi connectivity index (χ3n) is 2.09. The molecule has 0 radical (unpaired) electrons. The van der Waals surface area contributed by atoms with Gasteiger partial charge in [-0.05, 0) is 19.1 Å². The molecule has 0 aromatic carbocycles. The van der Waals surface area contributed by atoms with Crippen LogP contribution in [0.4, 0.5) is 0 Å². The van der Waals surface area contributed by atoms with Gasteiger partial charge in [0.25, 0.3) is 0 Å². The number of aliphatic hydroxyl groups excluding tert-OH is 1. The number of esters is 1. The average molecular weight is 255 g/mol. The number of methoxy groups -OCH3 is 1. The third-order valence-corrected chi connectivity index (χ3v) is 2.09. The molecule has 0 aliphatic heterocycles. The molecule has 18 heavy (non-hydrogen) atoms. The van der Waals surface area contributed by atoms with Crippen LogP contribution in [0.5, 0.6) is 0 Å². The summed E-state index contributed by atoms with van der Waals surface area (Å²) in [6.45, 7) is 5.56. The Morgan fingerprint density at radius 2 is 2.11 bits per heavy atom. The number of nitrogens with zero attached hydrogens (tertiary/aromatic N) is 1. The molecule has 1 aromatic rings. The quantitative estimate of drug-likeness (QED) is 0.813. The molecule has 0 bridgehead atoms. The Kier molecular flexibility index (Phi) is 8.78. The minimum Gasteiger partial charge on any atom is -0.467 e. The second kappa shape index (κ2) is 9.56. The predicted molar refractivity (Wildman–Crippen MR) is 67.9 cm³/mol. The van der Waals surface area contributed by atoms with Crippen molar-refractivity contribution in [1.82, 2.24) is 4.98 Å². The number of ether oxygens (including phenoxy) is 2. The lowest BCUT2D eigenvalue weighted by atomic mass is 10.2. The highest BCUT2D eigenvalue weighted by molar-refractivity contribution is 5.70. The maximum absolute atomic E-state index is 10.9. The minimum atomic E-state index is -0.426. The summed E-state index contributed by atoms with van der Waals surface area (Å²) in [5, 5.41) is 8.92. The Labute approximate surface area is 108 Å². The standard InChI is InChI=1S/C11H15NO4.C2H6/c1-8(16-7-11(14)15-2)10-5-3-4-9(6-13)12-10;1-2/h3-5,8,13H,6-7H2,1-2H3;1-2H3. The van der Waals surface area contributed by atoms with Gasteiger partial charge in [-0.15, -0.1) is 0 Å². The fourth-order valence-corrected chi connectivity index (χ4v) is 1.15. The highest BCUT2D eigenvalue weighted by atomic mass is 16.6. The van der Waals surface area contributed by atoms with E-state index in [0.717, 1.165) is 0 Å². The number of pyridine rings is 1. The molecule has 0 amide bonds. The molecule has 1 aromatic heterocycles. The van der Waals surface area contributed by atoms with Gasteiger partial charge < -0.3 is 14.6 Å². The van der Waals surface area contributed by atoms with Crippen LogP contribution in [-0.2, 0) is 20.9 Å². The second-order valence-corrected chi connectivity index (χ2v) is 3.24. The van der Waals surface area contributed by atoms with Gasteiger partial charge in [-0.25, -0.2) is 4.79 Å². The fourth-order valence-electron chi connectivity index (χ4n) is 1.15. The largest absolute Gasteiger partial charge is 0.467 e. The molecule has 0 fully saturated rings. The highest BCUT2D eigenvalue weighted by Crippen LogP contribution is 2.14. The fraction of sp³-hybridized carbons (Fsp3) is 0.538. The van der Waals surface area contributed by atoms with Gasteiger partial charge in [0.15, 0.2) is 0 Å². The summed E-state index contributed by atoms with van der Waals surface area (Å²) in [4.78, 5) is 15.0. The van der Waals surface area contributed by atoms with Gasteiger partial charge in [0.2, 0.25) is 0 Å². The van der Waals surface area contributed by atoms with E-state index in [1.54, 1.807) is 25.1 Å². The normalized spacial score (nSPS) is 11.2. The minimum absolute atomic E-state index is 0.108. The van der Waals surface area contributed by atoms with Gasteiger partial charge in [-0.1, -0.05) is 19.9 Å². The molecule has 1 atom stereocenters.